The van der Waals surface area contributed by atoms with Crippen molar-refractivity contribution in [2.45, 2.75) is 32.7 Å². The number of ether oxygens (including phenoxy) is 1. The van der Waals surface area contributed by atoms with Crippen molar-refractivity contribution in [3.05, 3.63) is 41.5 Å². The van der Waals surface area contributed by atoms with E-state index in [1.165, 1.54) is 0 Å². The van der Waals surface area contributed by atoms with Crippen LogP contribution in [0.2, 0.25) is 0 Å². The highest BCUT2D eigenvalue weighted by atomic mass is 16.5. The molecule has 1 saturated heterocycles. The van der Waals surface area contributed by atoms with Gasteiger partial charge in [0.25, 0.3) is 5.91 Å². The Hall–Kier alpha value is -2.70. The van der Waals surface area contributed by atoms with Crippen LogP contribution in [0.3, 0.4) is 0 Å². The van der Waals surface area contributed by atoms with Gasteiger partial charge in [-0.15, -0.1) is 0 Å². The van der Waals surface area contributed by atoms with Gasteiger partial charge in [0.15, 0.2) is 0 Å². The SMILES string of the molecule is CCOc1ncccc1C(=O)N1CCCC1c1cc(NC)nc(C)n1. The van der Waals surface area contributed by atoms with Crippen molar-refractivity contribution in [1.29, 1.82) is 0 Å². The summed E-state index contributed by atoms with van der Waals surface area (Å²) in [6.45, 7) is 4.91. The van der Waals surface area contributed by atoms with E-state index in [9.17, 15) is 4.79 Å². The highest BCUT2D eigenvalue weighted by Crippen LogP contribution is 2.34. The third kappa shape index (κ3) is 3.55. The zero-order valence-corrected chi connectivity index (χ0v) is 14.8. The van der Waals surface area contributed by atoms with Crippen LogP contribution in [0.5, 0.6) is 5.88 Å². The van der Waals surface area contributed by atoms with Crippen molar-refractivity contribution < 1.29 is 9.53 Å². The first-order chi connectivity index (χ1) is 12.1. The highest BCUT2D eigenvalue weighted by Gasteiger charge is 2.33. The van der Waals surface area contributed by atoms with Gasteiger partial charge in [-0.1, -0.05) is 0 Å². The van der Waals surface area contributed by atoms with E-state index in [1.54, 1.807) is 18.3 Å². The Morgan fingerprint density at radius 3 is 3.04 bits per heavy atom. The summed E-state index contributed by atoms with van der Waals surface area (Å²) in [4.78, 5) is 28.1. The average molecular weight is 341 g/mol. The standard InChI is InChI=1S/C18H23N5O2/c1-4-25-17-13(7-5-9-20-17)18(24)23-10-6-8-15(23)14-11-16(19-3)22-12(2)21-14/h5,7,9,11,15H,4,6,8,10H2,1-3H3,(H,19,21,22). The van der Waals surface area contributed by atoms with Crippen LogP contribution in [0.15, 0.2) is 24.4 Å². The van der Waals surface area contributed by atoms with Crippen molar-refractivity contribution in [2.24, 2.45) is 0 Å². The van der Waals surface area contributed by atoms with Gasteiger partial charge in [0.2, 0.25) is 5.88 Å². The largest absolute Gasteiger partial charge is 0.477 e. The first-order valence-corrected chi connectivity index (χ1v) is 8.56. The summed E-state index contributed by atoms with van der Waals surface area (Å²) in [5.74, 6) is 1.77. The molecule has 7 nitrogen and oxygen atoms in total. The first kappa shape index (κ1) is 17.1. The van der Waals surface area contributed by atoms with Crippen molar-refractivity contribution in [3.8, 4) is 5.88 Å². The number of rotatable bonds is 5. The zero-order valence-electron chi connectivity index (χ0n) is 14.8. The molecule has 2 aromatic rings. The number of hydrogen-bond donors (Lipinski definition) is 1. The summed E-state index contributed by atoms with van der Waals surface area (Å²) >= 11 is 0. The number of amides is 1. The number of aromatic nitrogens is 3. The quantitative estimate of drug-likeness (QED) is 0.900. The lowest BCUT2D eigenvalue weighted by Gasteiger charge is -2.25. The Balaban J connectivity index is 1.92. The van der Waals surface area contributed by atoms with Gasteiger partial charge in [-0.2, -0.15) is 0 Å². The number of carbonyl (C=O) groups excluding carboxylic acids is 1. The molecule has 2 aromatic heterocycles. The number of aryl methyl sites for hydroxylation is 1. The van der Waals surface area contributed by atoms with E-state index in [2.05, 4.69) is 20.3 Å². The third-order valence-electron chi connectivity index (χ3n) is 4.25. The van der Waals surface area contributed by atoms with Gasteiger partial charge in [0, 0.05) is 25.9 Å². The molecule has 0 spiro atoms. The molecule has 0 aromatic carbocycles. The lowest BCUT2D eigenvalue weighted by molar-refractivity contribution is 0.0727. The lowest BCUT2D eigenvalue weighted by Crippen LogP contribution is -2.31. The number of hydrogen-bond acceptors (Lipinski definition) is 6. The Morgan fingerprint density at radius 2 is 2.28 bits per heavy atom. The highest BCUT2D eigenvalue weighted by molar-refractivity contribution is 5.96. The van der Waals surface area contributed by atoms with Crippen molar-refractivity contribution in [3.63, 3.8) is 0 Å². The molecule has 1 amide bonds. The Labute approximate surface area is 147 Å². The van der Waals surface area contributed by atoms with Gasteiger partial charge in [-0.3, -0.25) is 4.79 Å². The van der Waals surface area contributed by atoms with Crippen LogP contribution in [0, 0.1) is 6.92 Å². The van der Waals surface area contributed by atoms with Crippen molar-refractivity contribution >= 4 is 11.7 Å². The molecule has 1 aliphatic heterocycles. The topological polar surface area (TPSA) is 80.2 Å². The fraction of sp³-hybridized carbons (Fsp3) is 0.444. The molecule has 25 heavy (non-hydrogen) atoms. The molecular weight excluding hydrogens is 318 g/mol. The molecule has 1 unspecified atom stereocenters. The number of nitrogens with zero attached hydrogens (tertiary/aromatic N) is 4. The molecule has 7 heteroatoms. The maximum absolute atomic E-state index is 13.1. The Bertz CT molecular complexity index is 765. The fourth-order valence-corrected chi connectivity index (χ4v) is 3.17. The first-order valence-electron chi connectivity index (χ1n) is 8.56. The second-order valence-electron chi connectivity index (χ2n) is 5.92. The number of likely N-dealkylation sites (tertiary alicyclic amines) is 1. The predicted molar refractivity (Wildman–Crippen MR) is 94.7 cm³/mol. The molecule has 0 bridgehead atoms. The summed E-state index contributed by atoms with van der Waals surface area (Å²) in [5, 5.41) is 3.05. The Kier molecular flexibility index (Phi) is 5.11. The number of anilines is 1. The maximum Gasteiger partial charge on any atom is 0.259 e. The smallest absolute Gasteiger partial charge is 0.259 e. The van der Waals surface area contributed by atoms with Gasteiger partial charge in [0.1, 0.15) is 17.2 Å². The number of pyridine rings is 1. The van der Waals surface area contributed by atoms with Gasteiger partial charge in [-0.05, 0) is 38.8 Å². The minimum absolute atomic E-state index is 0.0593. The van der Waals surface area contributed by atoms with Gasteiger partial charge in [-0.25, -0.2) is 15.0 Å². The van der Waals surface area contributed by atoms with Crippen LogP contribution >= 0.6 is 0 Å². The van der Waals surface area contributed by atoms with Crippen LogP contribution in [-0.4, -0.2) is 46.0 Å². The van der Waals surface area contributed by atoms with E-state index < -0.39 is 0 Å². The minimum atomic E-state index is -0.0682. The van der Waals surface area contributed by atoms with Crippen molar-refractivity contribution in [1.82, 2.24) is 19.9 Å². The number of carbonyl (C=O) groups is 1. The maximum atomic E-state index is 13.1. The zero-order chi connectivity index (χ0) is 17.8. The van der Waals surface area contributed by atoms with Crippen LogP contribution < -0.4 is 10.1 Å². The van der Waals surface area contributed by atoms with Crippen LogP contribution in [0.25, 0.3) is 0 Å². The molecule has 1 N–H and O–H groups in total. The molecule has 132 valence electrons. The molecule has 1 aliphatic rings. The monoisotopic (exact) mass is 341 g/mol. The summed E-state index contributed by atoms with van der Waals surface area (Å²) < 4.78 is 5.52. The second kappa shape index (κ2) is 7.46. The van der Waals surface area contributed by atoms with E-state index in [1.807, 2.05) is 31.9 Å². The van der Waals surface area contributed by atoms with Crippen LogP contribution in [0.4, 0.5) is 5.82 Å². The molecule has 0 saturated carbocycles. The van der Waals surface area contributed by atoms with Gasteiger partial charge in [0.05, 0.1) is 18.3 Å². The predicted octanol–water partition coefficient (Wildman–Crippen LogP) is 2.60. The average Bonchev–Trinajstić information content (AvgIpc) is 3.11. The normalized spacial score (nSPS) is 16.8. The summed E-state index contributed by atoms with van der Waals surface area (Å²) in [6.07, 6.45) is 3.46. The van der Waals surface area contributed by atoms with E-state index >= 15 is 0 Å². The molecule has 3 rings (SSSR count). The summed E-state index contributed by atoms with van der Waals surface area (Å²) in [6, 6.07) is 5.38. The molecule has 3 heterocycles. The van der Waals surface area contributed by atoms with Gasteiger partial charge >= 0.3 is 0 Å². The van der Waals surface area contributed by atoms with Crippen LogP contribution in [-0.2, 0) is 0 Å². The Morgan fingerprint density at radius 1 is 1.44 bits per heavy atom. The fourth-order valence-electron chi connectivity index (χ4n) is 3.17. The van der Waals surface area contributed by atoms with E-state index in [0.29, 0.717) is 30.4 Å². The number of nitrogens with one attached hydrogen (secondary N) is 1. The third-order valence-corrected chi connectivity index (χ3v) is 4.25. The lowest BCUT2D eigenvalue weighted by atomic mass is 10.1. The van der Waals surface area contributed by atoms with Crippen molar-refractivity contribution in [2.75, 3.05) is 25.5 Å². The summed E-state index contributed by atoms with van der Waals surface area (Å²) in [7, 11) is 1.83. The molecule has 0 aliphatic carbocycles. The minimum Gasteiger partial charge on any atom is -0.477 e. The van der Waals surface area contributed by atoms with E-state index in [-0.39, 0.29) is 11.9 Å². The molecular formula is C18H23N5O2. The van der Waals surface area contributed by atoms with Crippen LogP contribution in [0.1, 0.15) is 47.7 Å². The summed E-state index contributed by atoms with van der Waals surface area (Å²) in [5.41, 5.74) is 1.36. The second-order valence-corrected chi connectivity index (χ2v) is 5.92. The molecule has 1 fully saturated rings. The van der Waals surface area contributed by atoms with E-state index in [0.717, 1.165) is 24.4 Å². The molecule has 0 radical (unpaired) electrons. The molecule has 1 atom stereocenters. The van der Waals surface area contributed by atoms with Gasteiger partial charge < -0.3 is 15.0 Å². The van der Waals surface area contributed by atoms with E-state index in [4.69, 9.17) is 4.74 Å².